The van der Waals surface area contributed by atoms with Crippen LogP contribution in [0.5, 0.6) is 0 Å². The molecule has 196 valence electrons. The highest BCUT2D eigenvalue weighted by Gasteiger charge is 2.64. The largest absolute Gasteiger partial charge is 0.481 e. The van der Waals surface area contributed by atoms with E-state index in [2.05, 4.69) is 20.8 Å². The number of rotatable bonds is 6. The number of carbonyl (C=O) groups excluding carboxylic acids is 2. The summed E-state index contributed by atoms with van der Waals surface area (Å²) in [6.45, 7) is 6.80. The van der Waals surface area contributed by atoms with Gasteiger partial charge in [0.2, 0.25) is 0 Å². The Labute approximate surface area is 215 Å². The fourth-order valence-electron chi connectivity index (χ4n) is 9.32. The maximum atomic E-state index is 13.9. The molecule has 1 unspecified atom stereocenters. The second-order valence-electron chi connectivity index (χ2n) is 12.8. The van der Waals surface area contributed by atoms with Gasteiger partial charge in [-0.1, -0.05) is 39.0 Å². The summed E-state index contributed by atoms with van der Waals surface area (Å²) in [5.74, 6) is 1.93. The van der Waals surface area contributed by atoms with Crippen molar-refractivity contribution in [3.05, 3.63) is 35.9 Å². The fourth-order valence-corrected chi connectivity index (χ4v) is 9.32. The minimum absolute atomic E-state index is 0.0390. The number of Topliss-reactive ketones (excluding diaryl/α,β-unsaturated/α-hetero) is 1. The van der Waals surface area contributed by atoms with Gasteiger partial charge in [-0.3, -0.25) is 9.59 Å². The van der Waals surface area contributed by atoms with Crippen molar-refractivity contribution in [1.82, 2.24) is 0 Å². The number of carboxylic acids is 1. The number of aliphatic carboxylic acids is 1. The average molecular weight is 495 g/mol. The fraction of sp³-hybridized carbons (Fsp3) is 0.710. The summed E-state index contributed by atoms with van der Waals surface area (Å²) in [5.41, 5.74) is 0.438. The van der Waals surface area contributed by atoms with Crippen molar-refractivity contribution < 1.29 is 24.2 Å². The minimum Gasteiger partial charge on any atom is -0.481 e. The van der Waals surface area contributed by atoms with Crippen molar-refractivity contribution in [2.75, 3.05) is 0 Å². The maximum absolute atomic E-state index is 13.9. The topological polar surface area (TPSA) is 80.7 Å². The Morgan fingerprint density at radius 3 is 2.53 bits per heavy atom. The zero-order chi connectivity index (χ0) is 25.7. The SMILES string of the molecule is C[C@H](CCC(=O)O)[C@H]1CC[C@H]2[C@@H]3CCC4C[C@H](OC(=O)c5ccccc5)CC[C@]4(C)[C@H]3CC(=O)[C@]12C. The van der Waals surface area contributed by atoms with Crippen LogP contribution in [0.15, 0.2) is 30.3 Å². The van der Waals surface area contributed by atoms with Gasteiger partial charge in [0.05, 0.1) is 5.56 Å². The van der Waals surface area contributed by atoms with Gasteiger partial charge in [0.15, 0.2) is 0 Å². The van der Waals surface area contributed by atoms with Crippen LogP contribution in [0.4, 0.5) is 0 Å². The number of carbonyl (C=O) groups is 3. The number of hydrogen-bond acceptors (Lipinski definition) is 4. The summed E-state index contributed by atoms with van der Waals surface area (Å²) < 4.78 is 5.95. The van der Waals surface area contributed by atoms with Crippen molar-refractivity contribution in [3.8, 4) is 0 Å². The lowest BCUT2D eigenvalue weighted by atomic mass is 9.44. The van der Waals surface area contributed by atoms with E-state index in [9.17, 15) is 19.5 Å². The zero-order valence-corrected chi connectivity index (χ0v) is 22.1. The second-order valence-corrected chi connectivity index (χ2v) is 12.8. The van der Waals surface area contributed by atoms with E-state index in [1.54, 1.807) is 0 Å². The molecule has 1 aromatic carbocycles. The van der Waals surface area contributed by atoms with Gasteiger partial charge in [-0.15, -0.1) is 0 Å². The number of fused-ring (bicyclic) bond motifs is 5. The van der Waals surface area contributed by atoms with E-state index in [0.29, 0.717) is 53.8 Å². The maximum Gasteiger partial charge on any atom is 0.338 e. The quantitative estimate of drug-likeness (QED) is 0.454. The Hall–Kier alpha value is -2.17. The molecule has 9 atom stereocenters. The van der Waals surface area contributed by atoms with Gasteiger partial charge < -0.3 is 9.84 Å². The minimum atomic E-state index is -0.743. The third-order valence-electron chi connectivity index (χ3n) is 11.3. The molecule has 0 spiro atoms. The number of ether oxygens (including phenoxy) is 1. The lowest BCUT2D eigenvalue weighted by Crippen LogP contribution is -2.57. The first-order valence-electron chi connectivity index (χ1n) is 14.2. The predicted molar refractivity (Wildman–Crippen MR) is 137 cm³/mol. The number of hydrogen-bond donors (Lipinski definition) is 1. The van der Waals surface area contributed by atoms with Crippen LogP contribution in [-0.2, 0) is 14.3 Å². The average Bonchev–Trinajstić information content (AvgIpc) is 3.22. The molecule has 5 nitrogen and oxygen atoms in total. The van der Waals surface area contributed by atoms with Gasteiger partial charge >= 0.3 is 11.9 Å². The van der Waals surface area contributed by atoms with Crippen LogP contribution in [0, 0.1) is 46.3 Å². The molecule has 4 saturated carbocycles. The Balaban J connectivity index is 1.28. The highest BCUT2D eigenvalue weighted by molar-refractivity contribution is 5.89. The van der Waals surface area contributed by atoms with E-state index in [-0.39, 0.29) is 35.2 Å². The molecular formula is C31H42O5. The highest BCUT2D eigenvalue weighted by atomic mass is 16.5. The Kier molecular flexibility index (Phi) is 6.80. The van der Waals surface area contributed by atoms with E-state index in [1.165, 1.54) is 0 Å². The smallest absolute Gasteiger partial charge is 0.338 e. The molecule has 0 heterocycles. The van der Waals surface area contributed by atoms with Gasteiger partial charge in [0.25, 0.3) is 0 Å². The Morgan fingerprint density at radius 2 is 1.81 bits per heavy atom. The lowest BCUT2D eigenvalue weighted by Gasteiger charge is -2.60. The number of esters is 1. The summed E-state index contributed by atoms with van der Waals surface area (Å²) in [7, 11) is 0. The van der Waals surface area contributed by atoms with E-state index in [0.717, 1.165) is 44.9 Å². The standard InChI is InChI=1S/C31H42O5/c1-19(9-14-28(33)34)24-12-13-25-23-11-10-21-17-22(36-29(35)20-7-5-4-6-8-20)15-16-30(21,2)26(23)18-27(32)31(24,25)3/h4-8,19,21-26H,9-18H2,1-3H3,(H,33,34)/t19-,21?,22-,23+,24-,25+,26+,30+,31-/m1/s1. The van der Waals surface area contributed by atoms with E-state index >= 15 is 0 Å². The van der Waals surface area contributed by atoms with Crippen molar-refractivity contribution in [3.63, 3.8) is 0 Å². The van der Waals surface area contributed by atoms with Crippen LogP contribution in [0.2, 0.25) is 0 Å². The number of benzene rings is 1. The summed E-state index contributed by atoms with van der Waals surface area (Å²) in [5, 5.41) is 9.18. The molecule has 0 saturated heterocycles. The van der Waals surface area contributed by atoms with E-state index in [4.69, 9.17) is 4.74 Å². The first kappa shape index (κ1) is 25.5. The predicted octanol–water partition coefficient (Wildman–Crippen LogP) is 6.55. The third-order valence-corrected chi connectivity index (χ3v) is 11.3. The van der Waals surface area contributed by atoms with Crippen LogP contribution >= 0.6 is 0 Å². The molecule has 0 amide bonds. The number of carboxylic acid groups (broad SMARTS) is 1. The third kappa shape index (κ3) is 4.20. The van der Waals surface area contributed by atoms with Crippen LogP contribution in [0.3, 0.4) is 0 Å². The summed E-state index contributed by atoms with van der Waals surface area (Å²) in [6.07, 6.45) is 8.73. The van der Waals surface area contributed by atoms with Gasteiger partial charge in [0.1, 0.15) is 11.9 Å². The van der Waals surface area contributed by atoms with Crippen LogP contribution < -0.4 is 0 Å². The lowest BCUT2D eigenvalue weighted by molar-refractivity contribution is -0.160. The van der Waals surface area contributed by atoms with Crippen molar-refractivity contribution in [2.24, 2.45) is 46.3 Å². The Morgan fingerprint density at radius 1 is 1.06 bits per heavy atom. The molecule has 5 heteroatoms. The molecule has 4 aliphatic carbocycles. The first-order chi connectivity index (χ1) is 17.1. The molecule has 1 aromatic rings. The van der Waals surface area contributed by atoms with Crippen LogP contribution in [-0.4, -0.2) is 28.9 Å². The molecule has 36 heavy (non-hydrogen) atoms. The molecule has 4 fully saturated rings. The van der Waals surface area contributed by atoms with E-state index < -0.39 is 5.97 Å². The molecule has 0 radical (unpaired) electrons. The Bertz CT molecular complexity index is 1000. The summed E-state index contributed by atoms with van der Waals surface area (Å²) >= 11 is 0. The first-order valence-corrected chi connectivity index (χ1v) is 14.2. The second kappa shape index (κ2) is 9.61. The van der Waals surface area contributed by atoms with Crippen molar-refractivity contribution in [1.29, 1.82) is 0 Å². The molecule has 0 aromatic heterocycles. The van der Waals surface area contributed by atoms with E-state index in [1.807, 2.05) is 30.3 Å². The van der Waals surface area contributed by atoms with Gasteiger partial charge in [-0.25, -0.2) is 4.79 Å². The molecular weight excluding hydrogens is 452 g/mol. The monoisotopic (exact) mass is 494 g/mol. The van der Waals surface area contributed by atoms with Gasteiger partial charge in [-0.05, 0) is 104 Å². The summed E-state index contributed by atoms with van der Waals surface area (Å²) in [4.78, 5) is 37.7. The van der Waals surface area contributed by atoms with Gasteiger partial charge in [-0.2, -0.15) is 0 Å². The van der Waals surface area contributed by atoms with Crippen LogP contribution in [0.1, 0.15) is 95.3 Å². The highest BCUT2D eigenvalue weighted by Crippen LogP contribution is 2.67. The molecule has 0 bridgehead atoms. The van der Waals surface area contributed by atoms with Crippen LogP contribution in [0.25, 0.3) is 0 Å². The molecule has 0 aliphatic heterocycles. The number of ketones is 1. The molecule has 5 rings (SSSR count). The molecule has 1 N–H and O–H groups in total. The summed E-state index contributed by atoms with van der Waals surface area (Å²) in [6, 6.07) is 9.25. The van der Waals surface area contributed by atoms with Crippen molar-refractivity contribution >= 4 is 17.7 Å². The normalized spacial score (nSPS) is 40.5. The molecule has 4 aliphatic rings. The van der Waals surface area contributed by atoms with Crippen molar-refractivity contribution in [2.45, 2.75) is 91.1 Å². The zero-order valence-electron chi connectivity index (χ0n) is 22.1. The van der Waals surface area contributed by atoms with Gasteiger partial charge in [0, 0.05) is 18.3 Å².